The molecule has 3 N–H and O–H groups in total. The molecule has 0 bridgehead atoms. The SMILES string of the molecule is Nc1c(Cl)cccc1C(=O)OCC(=O)NC1CCCC1. The summed E-state index contributed by atoms with van der Waals surface area (Å²) in [6.45, 7) is -0.304. The van der Waals surface area contributed by atoms with Crippen molar-refractivity contribution >= 4 is 29.2 Å². The van der Waals surface area contributed by atoms with E-state index >= 15 is 0 Å². The summed E-state index contributed by atoms with van der Waals surface area (Å²) in [5.41, 5.74) is 6.02. The number of ether oxygens (including phenoxy) is 1. The molecule has 1 aromatic carbocycles. The highest BCUT2D eigenvalue weighted by Crippen LogP contribution is 2.23. The lowest BCUT2D eigenvalue weighted by Gasteiger charge is -2.12. The number of hydrogen-bond donors (Lipinski definition) is 2. The average Bonchev–Trinajstić information content (AvgIpc) is 2.92. The molecular weight excluding hydrogens is 280 g/mol. The maximum Gasteiger partial charge on any atom is 0.340 e. The van der Waals surface area contributed by atoms with Gasteiger partial charge in [0, 0.05) is 6.04 Å². The van der Waals surface area contributed by atoms with Crippen LogP contribution < -0.4 is 11.1 Å². The zero-order chi connectivity index (χ0) is 14.5. The Bertz CT molecular complexity index is 513. The minimum Gasteiger partial charge on any atom is -0.452 e. The second kappa shape index (κ2) is 6.61. The van der Waals surface area contributed by atoms with E-state index in [1.165, 1.54) is 6.07 Å². The fourth-order valence-corrected chi connectivity index (χ4v) is 2.44. The number of halogens is 1. The third kappa shape index (κ3) is 3.63. The zero-order valence-corrected chi connectivity index (χ0v) is 11.8. The van der Waals surface area contributed by atoms with Gasteiger partial charge in [0.05, 0.1) is 16.3 Å². The van der Waals surface area contributed by atoms with Gasteiger partial charge in [0.15, 0.2) is 6.61 Å². The summed E-state index contributed by atoms with van der Waals surface area (Å²) in [6.07, 6.45) is 4.23. The Morgan fingerprint density at radius 2 is 2.05 bits per heavy atom. The van der Waals surface area contributed by atoms with E-state index in [-0.39, 0.29) is 34.8 Å². The van der Waals surface area contributed by atoms with Crippen molar-refractivity contribution in [3.05, 3.63) is 28.8 Å². The molecule has 0 aromatic heterocycles. The summed E-state index contributed by atoms with van der Waals surface area (Å²) < 4.78 is 4.95. The Morgan fingerprint density at radius 3 is 2.75 bits per heavy atom. The van der Waals surface area contributed by atoms with Gasteiger partial charge in [-0.25, -0.2) is 4.79 Å². The summed E-state index contributed by atoms with van der Waals surface area (Å²) in [4.78, 5) is 23.5. The van der Waals surface area contributed by atoms with E-state index in [0.29, 0.717) is 0 Å². The maximum atomic E-state index is 11.8. The van der Waals surface area contributed by atoms with Crippen LogP contribution in [-0.4, -0.2) is 24.5 Å². The van der Waals surface area contributed by atoms with Crippen molar-refractivity contribution in [1.82, 2.24) is 5.32 Å². The molecule has 0 unspecified atom stereocenters. The van der Waals surface area contributed by atoms with Crippen LogP contribution in [0.25, 0.3) is 0 Å². The highest BCUT2D eigenvalue weighted by molar-refractivity contribution is 6.33. The van der Waals surface area contributed by atoms with Crippen LogP contribution in [0.5, 0.6) is 0 Å². The predicted octanol–water partition coefficient (Wildman–Crippen LogP) is 2.14. The van der Waals surface area contributed by atoms with Crippen molar-refractivity contribution in [2.75, 3.05) is 12.3 Å². The zero-order valence-electron chi connectivity index (χ0n) is 11.0. The number of nitrogens with two attached hydrogens (primary N) is 1. The third-order valence-electron chi connectivity index (χ3n) is 3.33. The number of nitrogen functional groups attached to an aromatic ring is 1. The van der Waals surface area contributed by atoms with Gasteiger partial charge in [-0.15, -0.1) is 0 Å². The van der Waals surface area contributed by atoms with Gasteiger partial charge in [-0.3, -0.25) is 4.79 Å². The molecule has 0 heterocycles. The van der Waals surface area contributed by atoms with Crippen LogP contribution in [0.2, 0.25) is 5.02 Å². The average molecular weight is 297 g/mol. The van der Waals surface area contributed by atoms with Crippen molar-refractivity contribution in [3.8, 4) is 0 Å². The summed E-state index contributed by atoms with van der Waals surface area (Å²) in [5, 5.41) is 3.13. The number of amides is 1. The molecule has 6 heteroatoms. The van der Waals surface area contributed by atoms with Gasteiger partial charge >= 0.3 is 5.97 Å². The lowest BCUT2D eigenvalue weighted by Crippen LogP contribution is -2.35. The summed E-state index contributed by atoms with van der Waals surface area (Å²) in [6, 6.07) is 4.91. The van der Waals surface area contributed by atoms with Gasteiger partial charge in [-0.1, -0.05) is 30.5 Å². The molecule has 2 rings (SSSR count). The lowest BCUT2D eigenvalue weighted by molar-refractivity contribution is -0.124. The molecule has 1 aromatic rings. The number of carbonyl (C=O) groups excluding carboxylic acids is 2. The largest absolute Gasteiger partial charge is 0.452 e. The summed E-state index contributed by atoms with van der Waals surface area (Å²) in [7, 11) is 0. The molecule has 108 valence electrons. The highest BCUT2D eigenvalue weighted by Gasteiger charge is 2.19. The Labute approximate surface area is 122 Å². The fourth-order valence-electron chi connectivity index (χ4n) is 2.26. The molecule has 0 radical (unpaired) electrons. The normalized spacial score (nSPS) is 15.1. The van der Waals surface area contributed by atoms with Crippen LogP contribution in [0.15, 0.2) is 18.2 Å². The van der Waals surface area contributed by atoms with Gasteiger partial charge in [-0.05, 0) is 25.0 Å². The number of hydrogen-bond acceptors (Lipinski definition) is 4. The Balaban J connectivity index is 1.85. The van der Waals surface area contributed by atoms with Crippen LogP contribution >= 0.6 is 11.6 Å². The lowest BCUT2D eigenvalue weighted by atomic mass is 10.2. The molecule has 1 fully saturated rings. The number of esters is 1. The number of para-hydroxylation sites is 1. The molecule has 1 saturated carbocycles. The minimum absolute atomic E-state index is 0.162. The molecule has 0 saturated heterocycles. The molecule has 1 aliphatic rings. The number of rotatable bonds is 4. The van der Waals surface area contributed by atoms with Gasteiger partial charge in [-0.2, -0.15) is 0 Å². The van der Waals surface area contributed by atoms with Crippen LogP contribution in [0.1, 0.15) is 36.0 Å². The number of anilines is 1. The first kappa shape index (κ1) is 14.7. The molecule has 5 nitrogen and oxygen atoms in total. The Morgan fingerprint density at radius 1 is 1.35 bits per heavy atom. The maximum absolute atomic E-state index is 11.8. The smallest absolute Gasteiger partial charge is 0.340 e. The fraction of sp³-hybridized carbons (Fsp3) is 0.429. The number of carbonyl (C=O) groups is 2. The number of nitrogens with one attached hydrogen (secondary N) is 1. The molecule has 1 aliphatic carbocycles. The molecule has 20 heavy (non-hydrogen) atoms. The molecule has 0 atom stereocenters. The first-order valence-corrected chi connectivity index (χ1v) is 6.96. The van der Waals surface area contributed by atoms with Gasteiger partial charge in [0.25, 0.3) is 5.91 Å². The molecule has 0 aliphatic heterocycles. The second-order valence-electron chi connectivity index (χ2n) is 4.83. The van der Waals surface area contributed by atoms with E-state index in [1.54, 1.807) is 12.1 Å². The van der Waals surface area contributed by atoms with Crippen molar-refractivity contribution in [2.45, 2.75) is 31.7 Å². The topological polar surface area (TPSA) is 81.4 Å². The van der Waals surface area contributed by atoms with Gasteiger partial charge in [0.1, 0.15) is 0 Å². The van der Waals surface area contributed by atoms with E-state index in [0.717, 1.165) is 25.7 Å². The standard InChI is InChI=1S/C14H17ClN2O3/c15-11-7-3-6-10(13(11)16)14(19)20-8-12(18)17-9-4-1-2-5-9/h3,6-7,9H,1-2,4-5,8,16H2,(H,17,18). The summed E-state index contributed by atoms with van der Waals surface area (Å²) >= 11 is 5.82. The molecule has 1 amide bonds. The van der Waals surface area contributed by atoms with Gasteiger partial charge in [0.2, 0.25) is 0 Å². The van der Waals surface area contributed by atoms with Crippen LogP contribution in [0, 0.1) is 0 Å². The van der Waals surface area contributed by atoms with E-state index in [9.17, 15) is 9.59 Å². The first-order valence-electron chi connectivity index (χ1n) is 6.58. The van der Waals surface area contributed by atoms with E-state index in [4.69, 9.17) is 22.1 Å². The highest BCUT2D eigenvalue weighted by atomic mass is 35.5. The quantitative estimate of drug-likeness (QED) is 0.659. The third-order valence-corrected chi connectivity index (χ3v) is 3.66. The first-order chi connectivity index (χ1) is 9.58. The van der Waals surface area contributed by atoms with Crippen molar-refractivity contribution in [3.63, 3.8) is 0 Å². The van der Waals surface area contributed by atoms with Crippen LogP contribution in [0.3, 0.4) is 0 Å². The van der Waals surface area contributed by atoms with Gasteiger partial charge < -0.3 is 15.8 Å². The van der Waals surface area contributed by atoms with Crippen molar-refractivity contribution in [2.24, 2.45) is 0 Å². The molecular formula is C14H17ClN2O3. The summed E-state index contributed by atoms with van der Waals surface area (Å²) in [5.74, 6) is -0.933. The Kier molecular flexibility index (Phi) is 4.84. The van der Waals surface area contributed by atoms with Crippen LogP contribution in [0.4, 0.5) is 5.69 Å². The Hall–Kier alpha value is -1.75. The second-order valence-corrected chi connectivity index (χ2v) is 5.23. The molecule has 0 spiro atoms. The van der Waals surface area contributed by atoms with Crippen molar-refractivity contribution < 1.29 is 14.3 Å². The number of benzene rings is 1. The van der Waals surface area contributed by atoms with Crippen LogP contribution in [-0.2, 0) is 9.53 Å². The van der Waals surface area contributed by atoms with E-state index in [2.05, 4.69) is 5.32 Å². The van der Waals surface area contributed by atoms with E-state index in [1.807, 2.05) is 0 Å². The minimum atomic E-state index is -0.647. The monoisotopic (exact) mass is 296 g/mol. The van der Waals surface area contributed by atoms with E-state index < -0.39 is 5.97 Å². The van der Waals surface area contributed by atoms with Crippen molar-refractivity contribution in [1.29, 1.82) is 0 Å². The predicted molar refractivity (Wildman–Crippen MR) is 76.5 cm³/mol.